The van der Waals surface area contributed by atoms with E-state index in [4.69, 9.17) is 4.74 Å². The van der Waals surface area contributed by atoms with E-state index in [-0.39, 0.29) is 17.7 Å². The number of carbonyl (C=O) groups is 1. The van der Waals surface area contributed by atoms with Crippen LogP contribution in [0.2, 0.25) is 0 Å². The molecule has 0 aliphatic carbocycles. The number of hydrogen-bond donors (Lipinski definition) is 2. The van der Waals surface area contributed by atoms with Crippen LogP contribution < -0.4 is 10.1 Å². The van der Waals surface area contributed by atoms with Crippen LogP contribution in [0.3, 0.4) is 0 Å². The molecule has 0 spiro atoms. The van der Waals surface area contributed by atoms with Crippen molar-refractivity contribution in [1.29, 1.82) is 0 Å². The number of nitrogens with zero attached hydrogens (tertiary/aromatic N) is 2. The minimum atomic E-state index is -0.0653. The van der Waals surface area contributed by atoms with Crippen molar-refractivity contribution < 1.29 is 9.53 Å². The van der Waals surface area contributed by atoms with E-state index in [1.165, 1.54) is 16.5 Å². The van der Waals surface area contributed by atoms with Gasteiger partial charge in [0, 0.05) is 54.9 Å². The van der Waals surface area contributed by atoms with E-state index in [9.17, 15) is 4.79 Å². The molecule has 6 heteroatoms. The molecule has 2 aromatic heterocycles. The maximum absolute atomic E-state index is 13.2. The van der Waals surface area contributed by atoms with Gasteiger partial charge in [0.1, 0.15) is 5.75 Å². The molecule has 2 aromatic carbocycles. The van der Waals surface area contributed by atoms with Crippen LogP contribution in [0.1, 0.15) is 23.2 Å². The van der Waals surface area contributed by atoms with Gasteiger partial charge in [-0.1, -0.05) is 48.5 Å². The van der Waals surface area contributed by atoms with Gasteiger partial charge in [-0.2, -0.15) is 0 Å². The zero-order valence-corrected chi connectivity index (χ0v) is 20.8. The number of aromatic amines is 1. The fourth-order valence-electron chi connectivity index (χ4n) is 5.12. The number of likely N-dealkylation sites (tertiary alicyclic amines) is 1. The molecule has 1 aliphatic rings. The number of benzene rings is 2. The van der Waals surface area contributed by atoms with Crippen molar-refractivity contribution in [2.45, 2.75) is 26.3 Å². The third-order valence-electron chi connectivity index (χ3n) is 6.98. The Hall–Kier alpha value is -3.64. The molecule has 0 radical (unpaired) electrons. The summed E-state index contributed by atoms with van der Waals surface area (Å²) in [5.74, 6) is 1.11. The Morgan fingerprint density at radius 1 is 1.08 bits per heavy atom. The van der Waals surface area contributed by atoms with Gasteiger partial charge >= 0.3 is 0 Å². The van der Waals surface area contributed by atoms with Gasteiger partial charge in [-0.3, -0.25) is 14.7 Å². The standard InChI is InChI=1S/C30H34N4O2/c1-22-11-12-27(17-32-22)36-21-24-15-25(30(35)31-14-13-23-7-3-2-4-8-23)19-34(18-24)20-26-16-33-29-10-6-5-9-28(26)29/h2-12,16-17,24-25,33H,13-15,18-21H2,1H3,(H,31,35)/t24-,25+/m0/s1. The quantitative estimate of drug-likeness (QED) is 0.361. The molecule has 6 nitrogen and oxygen atoms in total. The summed E-state index contributed by atoms with van der Waals surface area (Å²) in [5, 5.41) is 4.43. The van der Waals surface area contributed by atoms with E-state index in [0.29, 0.717) is 13.2 Å². The predicted molar refractivity (Wildman–Crippen MR) is 143 cm³/mol. The van der Waals surface area contributed by atoms with Gasteiger partial charge in [0.25, 0.3) is 0 Å². The number of para-hydroxylation sites is 1. The minimum Gasteiger partial charge on any atom is -0.492 e. The van der Waals surface area contributed by atoms with Gasteiger partial charge in [0.2, 0.25) is 5.91 Å². The number of aromatic nitrogens is 2. The number of amides is 1. The number of aryl methyl sites for hydroxylation is 1. The molecular weight excluding hydrogens is 448 g/mol. The van der Waals surface area contributed by atoms with Gasteiger partial charge in [-0.05, 0) is 49.1 Å². The lowest BCUT2D eigenvalue weighted by atomic mass is 9.88. The zero-order valence-electron chi connectivity index (χ0n) is 20.8. The van der Waals surface area contributed by atoms with Crippen molar-refractivity contribution >= 4 is 16.8 Å². The molecule has 1 fully saturated rings. The van der Waals surface area contributed by atoms with E-state index in [1.807, 2.05) is 43.3 Å². The van der Waals surface area contributed by atoms with E-state index in [2.05, 4.69) is 56.7 Å². The summed E-state index contributed by atoms with van der Waals surface area (Å²) in [6.07, 6.45) is 5.53. The Bertz CT molecular complexity index is 1270. The molecular formula is C30H34N4O2. The normalized spacial score (nSPS) is 18.2. The van der Waals surface area contributed by atoms with Crippen molar-refractivity contribution in [3.63, 3.8) is 0 Å². The third kappa shape index (κ3) is 6.13. The molecule has 1 saturated heterocycles. The van der Waals surface area contributed by atoms with Crippen LogP contribution in [0, 0.1) is 18.8 Å². The van der Waals surface area contributed by atoms with Gasteiger partial charge in [0.05, 0.1) is 18.7 Å². The molecule has 3 heterocycles. The minimum absolute atomic E-state index is 0.0653. The van der Waals surface area contributed by atoms with Gasteiger partial charge in [-0.15, -0.1) is 0 Å². The Balaban J connectivity index is 1.24. The Morgan fingerprint density at radius 2 is 1.92 bits per heavy atom. The Kier molecular flexibility index (Phi) is 7.62. The topological polar surface area (TPSA) is 70.2 Å². The highest BCUT2D eigenvalue weighted by atomic mass is 16.5. The highest BCUT2D eigenvalue weighted by Crippen LogP contribution is 2.27. The first kappa shape index (κ1) is 24.1. The van der Waals surface area contributed by atoms with E-state index >= 15 is 0 Å². The van der Waals surface area contributed by atoms with Crippen LogP contribution in [0.25, 0.3) is 10.9 Å². The van der Waals surface area contributed by atoms with Gasteiger partial charge in [-0.25, -0.2) is 0 Å². The molecule has 0 unspecified atom stereocenters. The average Bonchev–Trinajstić information content (AvgIpc) is 3.31. The first-order chi connectivity index (χ1) is 17.6. The number of H-pyrrole nitrogens is 1. The monoisotopic (exact) mass is 482 g/mol. The largest absolute Gasteiger partial charge is 0.492 e. The smallest absolute Gasteiger partial charge is 0.224 e. The molecule has 1 aliphatic heterocycles. The first-order valence-electron chi connectivity index (χ1n) is 12.8. The summed E-state index contributed by atoms with van der Waals surface area (Å²) in [6, 6.07) is 22.6. The van der Waals surface area contributed by atoms with Crippen molar-refractivity contribution in [1.82, 2.24) is 20.2 Å². The fourth-order valence-corrected chi connectivity index (χ4v) is 5.12. The van der Waals surface area contributed by atoms with Crippen molar-refractivity contribution in [3.8, 4) is 5.75 Å². The maximum atomic E-state index is 13.2. The van der Waals surface area contributed by atoms with Crippen LogP contribution in [-0.2, 0) is 17.8 Å². The fraction of sp³-hybridized carbons (Fsp3) is 0.333. The number of nitrogens with one attached hydrogen (secondary N) is 2. The second-order valence-corrected chi connectivity index (χ2v) is 9.83. The average molecular weight is 483 g/mol. The van der Waals surface area contributed by atoms with Gasteiger partial charge in [0.15, 0.2) is 0 Å². The maximum Gasteiger partial charge on any atom is 0.224 e. The number of rotatable bonds is 9. The molecule has 0 saturated carbocycles. The molecule has 0 bridgehead atoms. The summed E-state index contributed by atoms with van der Waals surface area (Å²) in [6.45, 7) is 5.64. The second-order valence-electron chi connectivity index (χ2n) is 9.83. The summed E-state index contributed by atoms with van der Waals surface area (Å²) < 4.78 is 6.09. The molecule has 1 amide bonds. The van der Waals surface area contributed by atoms with E-state index < -0.39 is 0 Å². The number of fused-ring (bicyclic) bond motifs is 1. The lowest BCUT2D eigenvalue weighted by molar-refractivity contribution is -0.127. The molecule has 5 rings (SSSR count). The van der Waals surface area contributed by atoms with Crippen molar-refractivity contribution in [2.75, 3.05) is 26.2 Å². The lowest BCUT2D eigenvalue weighted by Gasteiger charge is -2.37. The number of piperidine rings is 1. The number of pyridine rings is 1. The predicted octanol–water partition coefficient (Wildman–Crippen LogP) is 4.75. The second kappa shape index (κ2) is 11.4. The highest BCUT2D eigenvalue weighted by Gasteiger charge is 2.32. The van der Waals surface area contributed by atoms with Crippen molar-refractivity contribution in [3.05, 3.63) is 95.9 Å². The van der Waals surface area contributed by atoms with E-state index in [0.717, 1.165) is 49.4 Å². The lowest BCUT2D eigenvalue weighted by Crippen LogP contribution is -2.47. The van der Waals surface area contributed by atoms with Crippen LogP contribution >= 0.6 is 0 Å². The number of ether oxygens (including phenoxy) is 1. The first-order valence-corrected chi connectivity index (χ1v) is 12.8. The summed E-state index contributed by atoms with van der Waals surface area (Å²) in [4.78, 5) is 23.3. The van der Waals surface area contributed by atoms with Crippen LogP contribution in [0.15, 0.2) is 79.1 Å². The van der Waals surface area contributed by atoms with Crippen LogP contribution in [-0.4, -0.2) is 47.0 Å². The third-order valence-corrected chi connectivity index (χ3v) is 6.98. The molecule has 2 atom stereocenters. The van der Waals surface area contributed by atoms with Gasteiger partial charge < -0.3 is 15.0 Å². The Morgan fingerprint density at radius 3 is 2.75 bits per heavy atom. The number of hydrogen-bond acceptors (Lipinski definition) is 4. The molecule has 186 valence electrons. The van der Waals surface area contributed by atoms with Crippen molar-refractivity contribution in [2.24, 2.45) is 11.8 Å². The Labute approximate surface area is 212 Å². The molecule has 36 heavy (non-hydrogen) atoms. The SMILES string of the molecule is Cc1ccc(OC[C@H]2C[C@@H](C(=O)NCCc3ccccc3)CN(Cc3c[nH]c4ccccc34)C2)cn1. The molecule has 4 aromatic rings. The summed E-state index contributed by atoms with van der Waals surface area (Å²) in [7, 11) is 0. The highest BCUT2D eigenvalue weighted by molar-refractivity contribution is 5.83. The van der Waals surface area contributed by atoms with Crippen LogP contribution in [0.4, 0.5) is 0 Å². The zero-order chi connectivity index (χ0) is 24.7. The molecule has 2 N–H and O–H groups in total. The van der Waals surface area contributed by atoms with E-state index in [1.54, 1.807) is 6.20 Å². The number of carbonyl (C=O) groups excluding carboxylic acids is 1. The summed E-state index contributed by atoms with van der Waals surface area (Å²) in [5.41, 5.74) is 4.61. The summed E-state index contributed by atoms with van der Waals surface area (Å²) >= 11 is 0. The van der Waals surface area contributed by atoms with Crippen LogP contribution in [0.5, 0.6) is 5.75 Å².